The molecule has 1 aromatic carbocycles. The Morgan fingerprint density at radius 3 is 2.40 bits per heavy atom. The van der Waals surface area contributed by atoms with Crippen molar-refractivity contribution in [2.24, 2.45) is 4.99 Å². The molecule has 0 aromatic heterocycles. The Kier molecular flexibility index (Phi) is 5.36. The third-order valence-electron chi connectivity index (χ3n) is 2.57. The van der Waals surface area contributed by atoms with E-state index >= 15 is 0 Å². The minimum absolute atomic E-state index is 0.167. The highest BCUT2D eigenvalue weighted by molar-refractivity contribution is 5.84. The van der Waals surface area contributed by atoms with Crippen molar-refractivity contribution >= 4 is 5.71 Å². The van der Waals surface area contributed by atoms with Crippen LogP contribution < -0.4 is 4.74 Å². The second-order valence-corrected chi connectivity index (χ2v) is 4.78. The molecule has 5 heteroatoms. The Morgan fingerprint density at radius 2 is 1.90 bits per heavy atom. The fraction of sp³-hybridized carbons (Fsp3) is 0.400. The summed E-state index contributed by atoms with van der Waals surface area (Å²) in [5.74, 6) is -0.167. The van der Waals surface area contributed by atoms with Crippen LogP contribution in [-0.4, -0.2) is 12.8 Å². The third-order valence-corrected chi connectivity index (χ3v) is 2.57. The first kappa shape index (κ1) is 16.3. The molecule has 0 spiro atoms. The van der Waals surface area contributed by atoms with E-state index in [0.717, 1.165) is 17.4 Å². The second-order valence-electron chi connectivity index (χ2n) is 4.78. The molecule has 0 N–H and O–H groups in total. The zero-order valence-electron chi connectivity index (χ0n) is 12.0. The number of ether oxygens (including phenoxy) is 1. The maximum Gasteiger partial charge on any atom is 0.419 e. The Morgan fingerprint density at radius 1 is 1.25 bits per heavy atom. The highest BCUT2D eigenvalue weighted by Crippen LogP contribution is 2.36. The zero-order chi connectivity index (χ0) is 15.3. The van der Waals surface area contributed by atoms with E-state index in [1.165, 1.54) is 13.2 Å². The number of benzene rings is 1. The lowest BCUT2D eigenvalue weighted by Crippen LogP contribution is -2.09. The Hall–Kier alpha value is -1.78. The smallest absolute Gasteiger partial charge is 0.419 e. The minimum atomic E-state index is -4.42. The lowest BCUT2D eigenvalue weighted by Gasteiger charge is -2.13. The molecular formula is C15H18F3NO. The van der Waals surface area contributed by atoms with E-state index < -0.39 is 11.7 Å². The van der Waals surface area contributed by atoms with Crippen molar-refractivity contribution in [2.75, 3.05) is 7.11 Å². The molecule has 2 nitrogen and oxygen atoms in total. The third kappa shape index (κ3) is 4.72. The summed E-state index contributed by atoms with van der Waals surface area (Å²) in [5.41, 5.74) is 1.59. The van der Waals surface area contributed by atoms with Crippen LogP contribution in [0.3, 0.4) is 0 Å². The van der Waals surface area contributed by atoms with E-state index in [2.05, 4.69) is 4.99 Å². The minimum Gasteiger partial charge on any atom is -0.496 e. The average molecular weight is 285 g/mol. The highest BCUT2D eigenvalue weighted by Gasteiger charge is 2.34. The van der Waals surface area contributed by atoms with Gasteiger partial charge in [0, 0.05) is 18.3 Å². The molecule has 0 aliphatic rings. The lowest BCUT2D eigenvalue weighted by atomic mass is 10.0. The van der Waals surface area contributed by atoms with Crippen molar-refractivity contribution in [3.05, 3.63) is 41.1 Å². The number of hydrogen-bond acceptors (Lipinski definition) is 2. The molecule has 0 bridgehead atoms. The lowest BCUT2D eigenvalue weighted by molar-refractivity contribution is -0.138. The predicted molar refractivity (Wildman–Crippen MR) is 74.2 cm³/mol. The van der Waals surface area contributed by atoms with E-state index in [1.54, 1.807) is 19.2 Å². The van der Waals surface area contributed by atoms with E-state index in [4.69, 9.17) is 4.74 Å². The number of halogens is 3. The van der Waals surface area contributed by atoms with Crippen molar-refractivity contribution in [3.8, 4) is 5.75 Å². The molecule has 0 radical (unpaired) electrons. The normalized spacial score (nSPS) is 12.2. The van der Waals surface area contributed by atoms with E-state index in [0.29, 0.717) is 12.0 Å². The van der Waals surface area contributed by atoms with Gasteiger partial charge in [0.15, 0.2) is 0 Å². The first-order valence-corrected chi connectivity index (χ1v) is 6.14. The van der Waals surface area contributed by atoms with Gasteiger partial charge < -0.3 is 4.74 Å². The van der Waals surface area contributed by atoms with Gasteiger partial charge in [-0.15, -0.1) is 0 Å². The van der Waals surface area contributed by atoms with Crippen molar-refractivity contribution < 1.29 is 17.9 Å². The highest BCUT2D eigenvalue weighted by atomic mass is 19.4. The molecular weight excluding hydrogens is 267 g/mol. The van der Waals surface area contributed by atoms with E-state index in [1.807, 2.05) is 13.8 Å². The van der Waals surface area contributed by atoms with Crippen molar-refractivity contribution in [1.29, 1.82) is 0 Å². The van der Waals surface area contributed by atoms with Gasteiger partial charge in [-0.25, -0.2) is 0 Å². The number of nitrogens with zero attached hydrogens (tertiary/aromatic N) is 1. The van der Waals surface area contributed by atoms with Gasteiger partial charge in [0.1, 0.15) is 5.75 Å². The van der Waals surface area contributed by atoms with Crippen LogP contribution in [0.15, 0.2) is 35.0 Å². The molecule has 0 amide bonds. The monoisotopic (exact) mass is 285 g/mol. The summed E-state index contributed by atoms with van der Waals surface area (Å²) in [7, 11) is 1.23. The van der Waals surface area contributed by atoms with Crippen LogP contribution in [0.4, 0.5) is 13.2 Å². The fourth-order valence-corrected chi connectivity index (χ4v) is 1.67. The Labute approximate surface area is 117 Å². The number of allylic oxidation sites excluding steroid dienone is 1. The molecule has 0 saturated carbocycles. The number of alkyl halides is 3. The van der Waals surface area contributed by atoms with Gasteiger partial charge >= 0.3 is 6.18 Å². The molecule has 0 saturated heterocycles. The van der Waals surface area contributed by atoms with Crippen molar-refractivity contribution in [1.82, 2.24) is 0 Å². The van der Waals surface area contributed by atoms with Crippen LogP contribution in [0.1, 0.15) is 31.9 Å². The van der Waals surface area contributed by atoms with Gasteiger partial charge in [-0.1, -0.05) is 11.6 Å². The summed E-state index contributed by atoms with van der Waals surface area (Å²) in [6, 6.07) is 4.07. The molecule has 0 fully saturated rings. The van der Waals surface area contributed by atoms with Crippen LogP contribution in [-0.2, 0) is 12.6 Å². The number of methoxy groups -OCH3 is 1. The summed E-state index contributed by atoms with van der Waals surface area (Å²) < 4.78 is 43.4. The van der Waals surface area contributed by atoms with Crippen LogP contribution in [0.25, 0.3) is 0 Å². The quantitative estimate of drug-likeness (QED) is 0.738. The molecule has 20 heavy (non-hydrogen) atoms. The first-order chi connectivity index (χ1) is 9.24. The van der Waals surface area contributed by atoms with Gasteiger partial charge in [-0.2, -0.15) is 13.2 Å². The maximum absolute atomic E-state index is 12.9. The summed E-state index contributed by atoms with van der Waals surface area (Å²) in [6.45, 7) is 5.61. The maximum atomic E-state index is 12.9. The van der Waals surface area contributed by atoms with Crippen molar-refractivity contribution in [3.63, 3.8) is 0 Å². The van der Waals surface area contributed by atoms with Crippen LogP contribution >= 0.6 is 0 Å². The van der Waals surface area contributed by atoms with Crippen molar-refractivity contribution in [2.45, 2.75) is 33.4 Å². The Bertz CT molecular complexity index is 526. The number of aliphatic imine (C=N–C) groups is 1. The zero-order valence-corrected chi connectivity index (χ0v) is 12.0. The van der Waals surface area contributed by atoms with Gasteiger partial charge in [-0.3, -0.25) is 4.99 Å². The van der Waals surface area contributed by atoms with E-state index in [-0.39, 0.29) is 5.75 Å². The van der Waals surface area contributed by atoms with E-state index in [9.17, 15) is 13.2 Å². The topological polar surface area (TPSA) is 21.6 Å². The molecule has 0 heterocycles. The molecule has 0 aliphatic heterocycles. The molecule has 1 aromatic rings. The first-order valence-electron chi connectivity index (χ1n) is 6.14. The number of hydrogen-bond donors (Lipinski definition) is 0. The second kappa shape index (κ2) is 6.59. The molecule has 0 unspecified atom stereocenters. The Balaban J connectivity index is 3.04. The summed E-state index contributed by atoms with van der Waals surface area (Å²) >= 11 is 0. The van der Waals surface area contributed by atoms with Gasteiger partial charge in [0.2, 0.25) is 0 Å². The van der Waals surface area contributed by atoms with Gasteiger partial charge in [0.05, 0.1) is 12.7 Å². The van der Waals surface area contributed by atoms with Crippen LogP contribution in [0.2, 0.25) is 0 Å². The standard InChI is InChI=1S/C15H18F3NO/c1-10(2)9-19-11(3)7-12-5-6-14(20-4)13(8-12)15(16,17)18/h5-6,8-9H,7H2,1-4H3. The predicted octanol–water partition coefficient (Wildman–Crippen LogP) is 4.64. The average Bonchev–Trinajstić information content (AvgIpc) is 2.35. The fourth-order valence-electron chi connectivity index (χ4n) is 1.67. The van der Waals surface area contributed by atoms with Crippen LogP contribution in [0, 0.1) is 0 Å². The van der Waals surface area contributed by atoms with Gasteiger partial charge in [0.25, 0.3) is 0 Å². The molecule has 0 aliphatic carbocycles. The SMILES string of the molecule is COc1ccc(CC(C)=NC=C(C)C)cc1C(F)(F)F. The molecule has 0 atom stereocenters. The number of rotatable bonds is 4. The van der Waals surface area contributed by atoms with Crippen LogP contribution in [0.5, 0.6) is 5.75 Å². The molecule has 110 valence electrons. The summed E-state index contributed by atoms with van der Waals surface area (Å²) in [5, 5.41) is 0. The molecule has 1 rings (SSSR count). The summed E-state index contributed by atoms with van der Waals surface area (Å²) in [4.78, 5) is 4.20. The summed E-state index contributed by atoms with van der Waals surface area (Å²) in [6.07, 6.45) is -2.35. The largest absolute Gasteiger partial charge is 0.496 e. The van der Waals surface area contributed by atoms with Gasteiger partial charge in [-0.05, 0) is 38.5 Å².